The summed E-state index contributed by atoms with van der Waals surface area (Å²) in [5.74, 6) is 0.116. The van der Waals surface area contributed by atoms with E-state index in [0.717, 1.165) is 6.42 Å². The molecule has 0 saturated carbocycles. The minimum atomic E-state index is -0.0328. The zero-order valence-corrected chi connectivity index (χ0v) is 9.66. The van der Waals surface area contributed by atoms with Crippen molar-refractivity contribution in [1.29, 1.82) is 0 Å². The number of carbonyl (C=O) groups excluding carboxylic acids is 2. The lowest BCUT2D eigenvalue weighted by Gasteiger charge is -2.30. The van der Waals surface area contributed by atoms with Crippen LogP contribution in [-0.4, -0.2) is 49.4 Å². The summed E-state index contributed by atoms with van der Waals surface area (Å²) in [6.45, 7) is 5.07. The van der Waals surface area contributed by atoms with Crippen LogP contribution in [0, 0.1) is 0 Å². The highest BCUT2D eigenvalue weighted by Gasteiger charge is 2.23. The molecule has 1 heterocycles. The summed E-state index contributed by atoms with van der Waals surface area (Å²) in [5, 5.41) is 5.83. The van der Waals surface area contributed by atoms with Gasteiger partial charge >= 0.3 is 0 Å². The van der Waals surface area contributed by atoms with Crippen LogP contribution in [0.15, 0.2) is 12.7 Å². The Hall–Kier alpha value is -1.36. The van der Waals surface area contributed by atoms with Gasteiger partial charge < -0.3 is 15.5 Å². The van der Waals surface area contributed by atoms with Crippen molar-refractivity contribution < 1.29 is 9.59 Å². The maximum atomic E-state index is 11.5. The number of likely N-dealkylation sites (N-methyl/N-ethyl adjacent to an activating group) is 1. The predicted octanol–water partition coefficient (Wildman–Crippen LogP) is -0.501. The molecular formula is C11H19N3O2. The summed E-state index contributed by atoms with van der Waals surface area (Å²) in [6.07, 6.45) is 2.96. The summed E-state index contributed by atoms with van der Waals surface area (Å²) >= 11 is 0. The molecule has 1 atom stereocenters. The first-order valence-electron chi connectivity index (χ1n) is 5.48. The normalized spacial score (nSPS) is 20.7. The third-order valence-corrected chi connectivity index (χ3v) is 2.57. The summed E-state index contributed by atoms with van der Waals surface area (Å²) in [7, 11) is 1.76. The summed E-state index contributed by atoms with van der Waals surface area (Å²) in [6, 6.07) is 0.0840. The van der Waals surface area contributed by atoms with Crippen LogP contribution in [0.1, 0.15) is 12.8 Å². The van der Waals surface area contributed by atoms with Crippen LogP contribution in [0.25, 0.3) is 0 Å². The third kappa shape index (κ3) is 4.02. The molecule has 90 valence electrons. The fraction of sp³-hybridized carbons (Fsp3) is 0.636. The van der Waals surface area contributed by atoms with Crippen molar-refractivity contribution in [3.63, 3.8) is 0 Å². The van der Waals surface area contributed by atoms with Gasteiger partial charge in [-0.2, -0.15) is 0 Å². The first-order valence-corrected chi connectivity index (χ1v) is 5.48. The average molecular weight is 225 g/mol. The molecule has 0 aliphatic carbocycles. The maximum Gasteiger partial charge on any atom is 0.234 e. The van der Waals surface area contributed by atoms with Gasteiger partial charge in [0.05, 0.1) is 6.54 Å². The number of amides is 2. The van der Waals surface area contributed by atoms with E-state index >= 15 is 0 Å². The minimum Gasteiger partial charge on any atom is -0.350 e. The van der Waals surface area contributed by atoms with Crippen LogP contribution >= 0.6 is 0 Å². The summed E-state index contributed by atoms with van der Waals surface area (Å²) in [5.41, 5.74) is 0. The number of hydrogen-bond donors (Lipinski definition) is 2. The molecule has 1 aliphatic rings. The fourth-order valence-corrected chi connectivity index (χ4v) is 1.70. The van der Waals surface area contributed by atoms with E-state index < -0.39 is 0 Å². The van der Waals surface area contributed by atoms with Gasteiger partial charge in [-0.3, -0.25) is 9.59 Å². The Bertz CT molecular complexity index is 278. The minimum absolute atomic E-state index is 0.0328. The van der Waals surface area contributed by atoms with Crippen molar-refractivity contribution in [2.75, 3.05) is 26.7 Å². The molecule has 1 rings (SSSR count). The number of rotatable bonds is 5. The molecule has 16 heavy (non-hydrogen) atoms. The quantitative estimate of drug-likeness (QED) is 0.490. The lowest BCUT2D eigenvalue weighted by molar-refractivity contribution is -0.133. The molecule has 1 saturated heterocycles. The largest absolute Gasteiger partial charge is 0.350 e. The van der Waals surface area contributed by atoms with Gasteiger partial charge in [-0.05, 0) is 6.42 Å². The van der Waals surface area contributed by atoms with Crippen molar-refractivity contribution in [2.24, 2.45) is 0 Å². The van der Waals surface area contributed by atoms with Crippen LogP contribution in [-0.2, 0) is 9.59 Å². The van der Waals surface area contributed by atoms with Crippen molar-refractivity contribution in [2.45, 2.75) is 18.9 Å². The van der Waals surface area contributed by atoms with Crippen LogP contribution in [0.5, 0.6) is 0 Å². The molecule has 5 heteroatoms. The van der Waals surface area contributed by atoms with E-state index in [1.54, 1.807) is 18.0 Å². The number of piperidine rings is 1. The van der Waals surface area contributed by atoms with E-state index in [-0.39, 0.29) is 17.9 Å². The monoisotopic (exact) mass is 225 g/mol. The second-order valence-corrected chi connectivity index (χ2v) is 4.00. The molecule has 0 aromatic heterocycles. The van der Waals surface area contributed by atoms with E-state index in [2.05, 4.69) is 17.2 Å². The van der Waals surface area contributed by atoms with Crippen LogP contribution in [0.3, 0.4) is 0 Å². The molecule has 1 aliphatic heterocycles. The van der Waals surface area contributed by atoms with Crippen molar-refractivity contribution in [3.05, 3.63) is 12.7 Å². The first kappa shape index (κ1) is 12.7. The van der Waals surface area contributed by atoms with E-state index in [1.165, 1.54) is 0 Å². The predicted molar refractivity (Wildman–Crippen MR) is 61.9 cm³/mol. The Labute approximate surface area is 95.9 Å². The van der Waals surface area contributed by atoms with Crippen molar-refractivity contribution in [3.8, 4) is 0 Å². The van der Waals surface area contributed by atoms with Gasteiger partial charge in [-0.1, -0.05) is 6.08 Å². The molecule has 1 fully saturated rings. The highest BCUT2D eigenvalue weighted by atomic mass is 16.2. The molecule has 1 unspecified atom stereocenters. The number of carbonyl (C=O) groups is 2. The second-order valence-electron chi connectivity index (χ2n) is 4.00. The lowest BCUT2D eigenvalue weighted by Crippen LogP contribution is -2.50. The molecule has 2 amide bonds. The summed E-state index contributed by atoms with van der Waals surface area (Å²) in [4.78, 5) is 24.3. The average Bonchev–Trinajstić information content (AvgIpc) is 2.24. The van der Waals surface area contributed by atoms with Crippen LogP contribution in [0.2, 0.25) is 0 Å². The van der Waals surface area contributed by atoms with Crippen molar-refractivity contribution in [1.82, 2.24) is 15.5 Å². The number of likely N-dealkylation sites (tertiary alicyclic amines) is 1. The molecule has 5 nitrogen and oxygen atoms in total. The van der Waals surface area contributed by atoms with Gasteiger partial charge in [0, 0.05) is 32.6 Å². The third-order valence-electron chi connectivity index (χ3n) is 2.57. The first-order chi connectivity index (χ1) is 7.63. The zero-order valence-electron chi connectivity index (χ0n) is 9.66. The molecule has 0 bridgehead atoms. The van der Waals surface area contributed by atoms with E-state index in [4.69, 9.17) is 0 Å². The van der Waals surface area contributed by atoms with Gasteiger partial charge in [-0.15, -0.1) is 6.58 Å². The molecule has 0 spiro atoms. The molecule has 0 aromatic rings. The molecule has 0 aromatic carbocycles. The standard InChI is InChI=1S/C11H19N3O2/c1-3-6-12-7-10(15)13-9-4-5-11(16)14(2)8-9/h3,9,12H,1,4-8H2,2H3,(H,13,15). The number of nitrogens with one attached hydrogen (secondary N) is 2. The van der Waals surface area contributed by atoms with Crippen LogP contribution < -0.4 is 10.6 Å². The Morgan fingerprint density at radius 2 is 2.44 bits per heavy atom. The molecular weight excluding hydrogens is 206 g/mol. The second kappa shape index (κ2) is 6.27. The molecule has 2 N–H and O–H groups in total. The van der Waals surface area contributed by atoms with E-state index in [9.17, 15) is 9.59 Å². The highest BCUT2D eigenvalue weighted by molar-refractivity contribution is 5.80. The summed E-state index contributed by atoms with van der Waals surface area (Å²) < 4.78 is 0. The SMILES string of the molecule is C=CCNCC(=O)NC1CCC(=O)N(C)C1. The maximum absolute atomic E-state index is 11.5. The van der Waals surface area contributed by atoms with Gasteiger partial charge in [0.15, 0.2) is 0 Å². The highest BCUT2D eigenvalue weighted by Crippen LogP contribution is 2.09. The van der Waals surface area contributed by atoms with Gasteiger partial charge in [-0.25, -0.2) is 0 Å². The van der Waals surface area contributed by atoms with E-state index in [1.807, 2.05) is 0 Å². The smallest absolute Gasteiger partial charge is 0.234 e. The van der Waals surface area contributed by atoms with Crippen LogP contribution in [0.4, 0.5) is 0 Å². The Kier molecular flexibility index (Phi) is 4.98. The molecule has 0 radical (unpaired) electrons. The number of nitrogens with zero attached hydrogens (tertiary/aromatic N) is 1. The topological polar surface area (TPSA) is 61.4 Å². The van der Waals surface area contributed by atoms with Gasteiger partial charge in [0.1, 0.15) is 0 Å². The van der Waals surface area contributed by atoms with E-state index in [0.29, 0.717) is 26.1 Å². The zero-order chi connectivity index (χ0) is 12.0. The fourth-order valence-electron chi connectivity index (χ4n) is 1.70. The Balaban J connectivity index is 2.24. The van der Waals surface area contributed by atoms with Crippen molar-refractivity contribution >= 4 is 11.8 Å². The lowest BCUT2D eigenvalue weighted by atomic mass is 10.1. The Morgan fingerprint density at radius 3 is 3.06 bits per heavy atom. The van der Waals surface area contributed by atoms with Gasteiger partial charge in [0.25, 0.3) is 0 Å². The van der Waals surface area contributed by atoms with Gasteiger partial charge in [0.2, 0.25) is 11.8 Å². The number of hydrogen-bond acceptors (Lipinski definition) is 3. The Morgan fingerprint density at radius 1 is 1.69 bits per heavy atom.